The molecule has 1 amide bonds. The minimum atomic E-state index is -3.75. The summed E-state index contributed by atoms with van der Waals surface area (Å²) in [6, 6.07) is 10.8. The van der Waals surface area contributed by atoms with Crippen molar-refractivity contribution in [3.63, 3.8) is 0 Å². The Bertz CT molecular complexity index is 1290. The maximum absolute atomic E-state index is 13.1. The van der Waals surface area contributed by atoms with Gasteiger partial charge in [0.25, 0.3) is 0 Å². The zero-order chi connectivity index (χ0) is 25.9. The van der Waals surface area contributed by atoms with Crippen LogP contribution in [0.5, 0.6) is 0 Å². The highest BCUT2D eigenvalue weighted by Crippen LogP contribution is 2.29. The number of morpholine rings is 1. The minimum absolute atomic E-state index is 0.0414. The summed E-state index contributed by atoms with van der Waals surface area (Å²) in [4.78, 5) is 13.1. The average molecular weight is 577 g/mol. The molecule has 0 spiro atoms. The second-order valence-electron chi connectivity index (χ2n) is 8.68. The number of rotatable bonds is 7. The Balaban J connectivity index is 1.39. The lowest BCUT2D eigenvalue weighted by Crippen LogP contribution is -2.44. The second kappa shape index (κ2) is 11.3. The van der Waals surface area contributed by atoms with Gasteiger partial charge in [0.15, 0.2) is 0 Å². The van der Waals surface area contributed by atoms with Crippen LogP contribution in [0.4, 0.5) is 5.69 Å². The van der Waals surface area contributed by atoms with Crippen LogP contribution in [0.3, 0.4) is 0 Å². The molecule has 2 aromatic carbocycles. The number of carbonyl (C=O) groups excluding carboxylic acids is 1. The van der Waals surface area contributed by atoms with Crippen molar-refractivity contribution in [2.75, 3.05) is 44.7 Å². The summed E-state index contributed by atoms with van der Waals surface area (Å²) in [6.45, 7) is 1.65. The van der Waals surface area contributed by atoms with Crippen molar-refractivity contribution in [3.8, 4) is 0 Å². The van der Waals surface area contributed by atoms with Crippen LogP contribution in [0.25, 0.3) is 0 Å². The molecule has 0 saturated carbocycles. The molecule has 0 bridgehead atoms. The molecule has 36 heavy (non-hydrogen) atoms. The summed E-state index contributed by atoms with van der Waals surface area (Å²) in [5.41, 5.74) is 0.767. The summed E-state index contributed by atoms with van der Waals surface area (Å²) < 4.78 is 59.6. The van der Waals surface area contributed by atoms with Crippen LogP contribution in [0.15, 0.2) is 47.4 Å². The summed E-state index contributed by atoms with van der Waals surface area (Å²) >= 11 is 12.3. The van der Waals surface area contributed by atoms with E-state index in [4.69, 9.17) is 27.9 Å². The molecule has 13 heteroatoms. The number of hydrogen-bond donors (Lipinski definition) is 1. The van der Waals surface area contributed by atoms with E-state index in [9.17, 15) is 21.6 Å². The number of nitrogens with zero attached hydrogens (tertiary/aromatic N) is 2. The van der Waals surface area contributed by atoms with Crippen molar-refractivity contribution in [2.45, 2.75) is 23.5 Å². The zero-order valence-corrected chi connectivity index (χ0v) is 22.5. The van der Waals surface area contributed by atoms with Gasteiger partial charge in [-0.25, -0.2) is 21.1 Å². The van der Waals surface area contributed by atoms with Crippen molar-refractivity contribution in [1.82, 2.24) is 8.61 Å². The van der Waals surface area contributed by atoms with E-state index in [1.54, 1.807) is 18.2 Å². The van der Waals surface area contributed by atoms with Crippen LogP contribution in [0.2, 0.25) is 10.0 Å². The number of anilines is 1. The Labute approximate surface area is 221 Å². The number of carbonyl (C=O) groups is 1. The van der Waals surface area contributed by atoms with Gasteiger partial charge in [0.2, 0.25) is 26.0 Å². The van der Waals surface area contributed by atoms with Gasteiger partial charge in [0.05, 0.1) is 29.8 Å². The Morgan fingerprint density at radius 1 is 0.944 bits per heavy atom. The summed E-state index contributed by atoms with van der Waals surface area (Å²) in [5, 5.41) is 3.33. The van der Waals surface area contributed by atoms with Gasteiger partial charge in [-0.05, 0) is 49.2 Å². The van der Waals surface area contributed by atoms with Crippen LogP contribution in [-0.4, -0.2) is 70.7 Å². The molecule has 0 radical (unpaired) electrons. The number of benzene rings is 2. The SMILES string of the molecule is O=C(Nc1ccc(S(=O)(=O)N2CCOCC2)cc1)[C@@H]1CCCN(S(=O)(=O)Cc2c(Cl)cccc2Cl)C1. The first-order chi connectivity index (χ1) is 17.1. The molecule has 0 unspecified atom stereocenters. The Morgan fingerprint density at radius 2 is 1.58 bits per heavy atom. The number of sulfonamides is 2. The Kier molecular flexibility index (Phi) is 8.60. The third-order valence-corrected chi connectivity index (χ3v) is 10.7. The molecular formula is C23H27Cl2N3O6S2. The van der Waals surface area contributed by atoms with E-state index in [1.807, 2.05) is 0 Å². The normalized spacial score (nSPS) is 20.2. The largest absolute Gasteiger partial charge is 0.379 e. The standard InChI is InChI=1S/C23H27Cl2N3O6S2/c24-21-4-1-5-22(25)20(21)16-35(30,31)28-10-2-3-17(15-28)23(29)26-18-6-8-19(9-7-18)36(32,33)27-11-13-34-14-12-27/h1,4-9,17H,2-3,10-16H2,(H,26,29)/t17-/m1/s1. The molecule has 1 N–H and O–H groups in total. The maximum Gasteiger partial charge on any atom is 0.243 e. The van der Waals surface area contributed by atoms with Crippen molar-refractivity contribution < 1.29 is 26.4 Å². The van der Waals surface area contributed by atoms with E-state index in [-0.39, 0.29) is 33.1 Å². The highest BCUT2D eigenvalue weighted by atomic mass is 35.5. The van der Waals surface area contributed by atoms with Crippen molar-refractivity contribution in [2.24, 2.45) is 5.92 Å². The lowest BCUT2D eigenvalue weighted by atomic mass is 9.99. The molecule has 2 fully saturated rings. The lowest BCUT2D eigenvalue weighted by molar-refractivity contribution is -0.120. The highest BCUT2D eigenvalue weighted by Gasteiger charge is 2.33. The van der Waals surface area contributed by atoms with Gasteiger partial charge in [-0.2, -0.15) is 4.31 Å². The number of ether oxygens (including phenoxy) is 1. The molecule has 0 aliphatic carbocycles. The number of halogens is 2. The van der Waals surface area contributed by atoms with E-state index in [2.05, 4.69) is 5.32 Å². The molecule has 2 aliphatic heterocycles. The Morgan fingerprint density at radius 3 is 2.22 bits per heavy atom. The van der Waals surface area contributed by atoms with E-state index < -0.39 is 26.0 Å². The van der Waals surface area contributed by atoms with Crippen LogP contribution >= 0.6 is 23.2 Å². The van der Waals surface area contributed by atoms with Gasteiger partial charge >= 0.3 is 0 Å². The molecule has 2 saturated heterocycles. The highest BCUT2D eigenvalue weighted by molar-refractivity contribution is 7.89. The first-order valence-corrected chi connectivity index (χ1v) is 15.3. The topological polar surface area (TPSA) is 113 Å². The number of piperidine rings is 1. The summed E-state index contributed by atoms with van der Waals surface area (Å²) in [6.07, 6.45) is 1.07. The van der Waals surface area contributed by atoms with Crippen LogP contribution in [0, 0.1) is 5.92 Å². The van der Waals surface area contributed by atoms with Gasteiger partial charge in [0.1, 0.15) is 0 Å². The van der Waals surface area contributed by atoms with E-state index in [0.717, 1.165) is 0 Å². The first kappa shape index (κ1) is 27.3. The third kappa shape index (κ3) is 6.21. The Hall–Kier alpha value is -1.73. The number of amides is 1. The van der Waals surface area contributed by atoms with Gasteiger partial charge < -0.3 is 10.1 Å². The molecule has 196 valence electrons. The van der Waals surface area contributed by atoms with Crippen LogP contribution in [-0.2, 0) is 35.3 Å². The van der Waals surface area contributed by atoms with Gasteiger partial charge in [-0.3, -0.25) is 4.79 Å². The molecule has 9 nitrogen and oxygen atoms in total. The molecular weight excluding hydrogens is 549 g/mol. The summed E-state index contributed by atoms with van der Waals surface area (Å²) in [7, 11) is -7.38. The van der Waals surface area contributed by atoms with Crippen molar-refractivity contribution >= 4 is 54.8 Å². The van der Waals surface area contributed by atoms with E-state index >= 15 is 0 Å². The fraction of sp³-hybridized carbons (Fsp3) is 0.435. The first-order valence-electron chi connectivity index (χ1n) is 11.5. The fourth-order valence-electron chi connectivity index (χ4n) is 4.24. The second-order valence-corrected chi connectivity index (χ2v) is 13.4. The van der Waals surface area contributed by atoms with Gasteiger partial charge in [-0.15, -0.1) is 0 Å². The van der Waals surface area contributed by atoms with E-state index in [0.29, 0.717) is 56.9 Å². The van der Waals surface area contributed by atoms with E-state index in [1.165, 1.54) is 32.9 Å². The molecule has 4 rings (SSSR count). The van der Waals surface area contributed by atoms with Gasteiger partial charge in [0, 0.05) is 47.5 Å². The van der Waals surface area contributed by atoms with Crippen molar-refractivity contribution in [1.29, 1.82) is 0 Å². The monoisotopic (exact) mass is 575 g/mol. The third-order valence-electron chi connectivity index (χ3n) is 6.27. The smallest absolute Gasteiger partial charge is 0.243 e. The predicted octanol–water partition coefficient (Wildman–Crippen LogP) is 3.19. The zero-order valence-electron chi connectivity index (χ0n) is 19.4. The predicted molar refractivity (Wildman–Crippen MR) is 138 cm³/mol. The van der Waals surface area contributed by atoms with Crippen molar-refractivity contribution in [3.05, 3.63) is 58.1 Å². The molecule has 1 atom stereocenters. The maximum atomic E-state index is 13.1. The fourth-order valence-corrected chi connectivity index (χ4v) is 8.01. The quantitative estimate of drug-likeness (QED) is 0.542. The molecule has 2 aliphatic rings. The molecule has 2 heterocycles. The average Bonchev–Trinajstić information content (AvgIpc) is 2.87. The number of hydrogen-bond acceptors (Lipinski definition) is 6. The van der Waals surface area contributed by atoms with Crippen LogP contribution in [0.1, 0.15) is 18.4 Å². The van der Waals surface area contributed by atoms with Crippen LogP contribution < -0.4 is 5.32 Å². The summed E-state index contributed by atoms with van der Waals surface area (Å²) in [5.74, 6) is -1.22. The molecule has 2 aromatic rings. The number of nitrogens with one attached hydrogen (secondary N) is 1. The molecule has 0 aromatic heterocycles. The van der Waals surface area contributed by atoms with Gasteiger partial charge in [-0.1, -0.05) is 29.3 Å². The minimum Gasteiger partial charge on any atom is -0.379 e. The lowest BCUT2D eigenvalue weighted by Gasteiger charge is -2.31.